The molecule has 1 aromatic rings. The highest BCUT2D eigenvalue weighted by molar-refractivity contribution is 5.28. The van der Waals surface area contributed by atoms with Crippen LogP contribution in [0.25, 0.3) is 0 Å². The summed E-state index contributed by atoms with van der Waals surface area (Å²) in [4.78, 5) is 2.38. The Morgan fingerprint density at radius 3 is 2.73 bits per heavy atom. The van der Waals surface area contributed by atoms with Gasteiger partial charge in [0.2, 0.25) is 0 Å². The molecule has 1 unspecified atom stereocenters. The van der Waals surface area contributed by atoms with E-state index in [4.69, 9.17) is 9.47 Å². The van der Waals surface area contributed by atoms with Crippen LogP contribution in [-0.2, 0) is 4.74 Å². The number of ether oxygens (including phenoxy) is 2. The van der Waals surface area contributed by atoms with E-state index < -0.39 is 5.60 Å². The largest absolute Gasteiger partial charge is 0.490 e. The van der Waals surface area contributed by atoms with E-state index in [1.807, 2.05) is 0 Å². The number of aryl methyl sites for hydroxylation is 1. The van der Waals surface area contributed by atoms with Crippen LogP contribution in [0.3, 0.4) is 0 Å². The number of nitrogens with zero attached hydrogens (tertiary/aromatic N) is 1. The predicted molar refractivity (Wildman–Crippen MR) is 100 cm³/mol. The van der Waals surface area contributed by atoms with Gasteiger partial charge >= 0.3 is 0 Å². The zero-order valence-corrected chi connectivity index (χ0v) is 16.3. The lowest BCUT2D eigenvalue weighted by Gasteiger charge is -2.41. The molecule has 1 N–H and O–H groups in total. The number of halogens is 1. The van der Waals surface area contributed by atoms with Crippen molar-refractivity contribution in [2.45, 2.75) is 58.1 Å². The van der Waals surface area contributed by atoms with Crippen molar-refractivity contribution in [3.05, 3.63) is 29.6 Å². The van der Waals surface area contributed by atoms with Gasteiger partial charge in [-0.3, -0.25) is 4.90 Å². The van der Waals surface area contributed by atoms with Gasteiger partial charge in [0, 0.05) is 19.1 Å². The molecule has 0 radical (unpaired) electrons. The van der Waals surface area contributed by atoms with Crippen molar-refractivity contribution in [1.29, 1.82) is 0 Å². The molecule has 0 amide bonds. The summed E-state index contributed by atoms with van der Waals surface area (Å²) >= 11 is 0. The number of benzene rings is 1. The predicted octanol–water partition coefficient (Wildman–Crippen LogP) is 3.55. The molecule has 3 rings (SSSR count). The molecule has 4 nitrogen and oxygen atoms in total. The summed E-state index contributed by atoms with van der Waals surface area (Å²) in [7, 11) is 0. The number of hydrogen-bond acceptors (Lipinski definition) is 4. The molecule has 0 bridgehead atoms. The fourth-order valence-electron chi connectivity index (χ4n) is 4.02. The first kappa shape index (κ1) is 19.6. The lowest BCUT2D eigenvalue weighted by Crippen LogP contribution is -2.52. The number of rotatable bonds is 4. The third kappa shape index (κ3) is 4.96. The summed E-state index contributed by atoms with van der Waals surface area (Å²) in [5.74, 6) is 0.327. The topological polar surface area (TPSA) is 41.9 Å². The van der Waals surface area contributed by atoms with E-state index in [2.05, 4.69) is 18.7 Å². The third-order valence-corrected chi connectivity index (χ3v) is 5.85. The maximum atomic E-state index is 13.4. The smallest absolute Gasteiger partial charge is 0.134 e. The zero-order chi connectivity index (χ0) is 18.8. The lowest BCUT2D eigenvalue weighted by molar-refractivity contribution is -0.0691. The third-order valence-electron chi connectivity index (χ3n) is 5.85. The minimum atomic E-state index is -1.05. The zero-order valence-electron chi connectivity index (χ0n) is 16.3. The van der Waals surface area contributed by atoms with Crippen molar-refractivity contribution < 1.29 is 19.0 Å². The summed E-state index contributed by atoms with van der Waals surface area (Å²) in [6, 6.07) is 5.17. The molecule has 5 heteroatoms. The second-order valence-electron chi connectivity index (χ2n) is 8.84. The number of aliphatic hydroxyl groups is 1. The van der Waals surface area contributed by atoms with Crippen molar-refractivity contribution in [2.75, 3.05) is 32.9 Å². The van der Waals surface area contributed by atoms with E-state index in [9.17, 15) is 9.50 Å². The Morgan fingerprint density at radius 2 is 2.04 bits per heavy atom. The van der Waals surface area contributed by atoms with E-state index in [0.717, 1.165) is 6.54 Å². The first-order valence-corrected chi connectivity index (χ1v) is 9.70. The van der Waals surface area contributed by atoms with Crippen LogP contribution in [0, 0.1) is 18.2 Å². The van der Waals surface area contributed by atoms with Gasteiger partial charge < -0.3 is 14.6 Å². The molecule has 1 saturated heterocycles. The van der Waals surface area contributed by atoms with Crippen LogP contribution in [0.5, 0.6) is 5.75 Å². The van der Waals surface area contributed by atoms with E-state index in [1.54, 1.807) is 19.1 Å². The summed E-state index contributed by atoms with van der Waals surface area (Å²) in [5.41, 5.74) is -0.0807. The second-order valence-corrected chi connectivity index (χ2v) is 8.84. The Labute approximate surface area is 156 Å². The van der Waals surface area contributed by atoms with Crippen LogP contribution in [0.15, 0.2) is 18.2 Å². The van der Waals surface area contributed by atoms with Gasteiger partial charge in [-0.25, -0.2) is 4.39 Å². The Kier molecular flexibility index (Phi) is 5.90. The monoisotopic (exact) mass is 365 g/mol. The molecule has 1 aliphatic heterocycles. The highest BCUT2D eigenvalue weighted by atomic mass is 19.1. The van der Waals surface area contributed by atoms with E-state index in [0.29, 0.717) is 35.9 Å². The Bertz CT molecular complexity index is 611. The fourth-order valence-corrected chi connectivity index (χ4v) is 4.02. The number of β-amino-alcohol motifs (C(OH)–C–C–N with tert-alkyl or cyclic N) is 1. The SMILES string of the molecule is Cc1cc(OCC2(O)COCCN(C3CCC(C)(C)CC3)C2)ccc1F. The lowest BCUT2D eigenvalue weighted by atomic mass is 9.75. The van der Waals surface area contributed by atoms with Crippen LogP contribution < -0.4 is 4.74 Å². The van der Waals surface area contributed by atoms with Gasteiger partial charge in [-0.1, -0.05) is 13.8 Å². The van der Waals surface area contributed by atoms with Gasteiger partial charge in [0.25, 0.3) is 0 Å². The maximum Gasteiger partial charge on any atom is 0.134 e. The molecule has 1 atom stereocenters. The van der Waals surface area contributed by atoms with E-state index in [1.165, 1.54) is 31.7 Å². The first-order valence-electron chi connectivity index (χ1n) is 9.70. The Balaban J connectivity index is 1.61. The fraction of sp³-hybridized carbons (Fsp3) is 0.714. The molecule has 0 spiro atoms. The quantitative estimate of drug-likeness (QED) is 0.886. The van der Waals surface area contributed by atoms with Gasteiger partial charge in [0.15, 0.2) is 0 Å². The number of hydrogen-bond donors (Lipinski definition) is 1. The summed E-state index contributed by atoms with van der Waals surface area (Å²) in [5, 5.41) is 11.1. The molecular formula is C21H32FNO3. The average Bonchev–Trinajstić information content (AvgIpc) is 2.78. The minimum absolute atomic E-state index is 0.146. The van der Waals surface area contributed by atoms with E-state index in [-0.39, 0.29) is 19.0 Å². The molecule has 1 heterocycles. The highest BCUT2D eigenvalue weighted by Gasteiger charge is 2.38. The van der Waals surface area contributed by atoms with Crippen molar-refractivity contribution in [1.82, 2.24) is 4.90 Å². The van der Waals surface area contributed by atoms with Crippen LogP contribution in [0.4, 0.5) is 4.39 Å². The van der Waals surface area contributed by atoms with Gasteiger partial charge in [-0.15, -0.1) is 0 Å². The van der Waals surface area contributed by atoms with Gasteiger partial charge in [-0.05, 0) is 61.8 Å². The molecular weight excluding hydrogens is 333 g/mol. The van der Waals surface area contributed by atoms with Crippen LogP contribution >= 0.6 is 0 Å². The van der Waals surface area contributed by atoms with E-state index >= 15 is 0 Å². The molecule has 1 aliphatic carbocycles. The maximum absolute atomic E-state index is 13.4. The molecule has 1 saturated carbocycles. The molecule has 0 aromatic heterocycles. The minimum Gasteiger partial charge on any atom is -0.490 e. The molecule has 146 valence electrons. The standard InChI is InChI=1S/C21H32FNO3/c1-16-12-18(4-5-19(16)22)26-15-21(24)13-23(10-11-25-14-21)17-6-8-20(2,3)9-7-17/h4-5,12,17,24H,6-11,13-15H2,1-3H3. The first-order chi connectivity index (χ1) is 12.3. The van der Waals surface area contributed by atoms with Crippen LogP contribution in [0.1, 0.15) is 45.1 Å². The Hall–Kier alpha value is -1.17. The van der Waals surface area contributed by atoms with Gasteiger partial charge in [0.05, 0.1) is 13.2 Å². The van der Waals surface area contributed by atoms with Crippen molar-refractivity contribution >= 4 is 0 Å². The normalized spacial score (nSPS) is 27.9. The van der Waals surface area contributed by atoms with Gasteiger partial charge in [0.1, 0.15) is 23.8 Å². The molecule has 2 fully saturated rings. The Morgan fingerprint density at radius 1 is 1.31 bits per heavy atom. The van der Waals surface area contributed by atoms with Crippen molar-refractivity contribution in [2.24, 2.45) is 5.41 Å². The summed E-state index contributed by atoms with van der Waals surface area (Å²) < 4.78 is 24.9. The van der Waals surface area contributed by atoms with Crippen LogP contribution in [0.2, 0.25) is 0 Å². The van der Waals surface area contributed by atoms with Crippen molar-refractivity contribution in [3.63, 3.8) is 0 Å². The molecule has 26 heavy (non-hydrogen) atoms. The summed E-state index contributed by atoms with van der Waals surface area (Å²) in [6.45, 7) is 8.83. The molecule has 2 aliphatic rings. The van der Waals surface area contributed by atoms with Gasteiger partial charge in [-0.2, -0.15) is 0 Å². The van der Waals surface area contributed by atoms with Crippen LogP contribution in [-0.4, -0.2) is 54.6 Å². The van der Waals surface area contributed by atoms with Crippen molar-refractivity contribution in [3.8, 4) is 5.75 Å². The second kappa shape index (κ2) is 7.83. The summed E-state index contributed by atoms with van der Waals surface area (Å²) in [6.07, 6.45) is 4.78. The highest BCUT2D eigenvalue weighted by Crippen LogP contribution is 2.37. The molecule has 1 aromatic carbocycles. The average molecular weight is 365 g/mol.